The first-order valence-electron chi connectivity index (χ1n) is 14.2. The van der Waals surface area contributed by atoms with Gasteiger partial charge in [0.2, 0.25) is 11.7 Å². The molecule has 4 aromatic rings. The topological polar surface area (TPSA) is 163 Å². The van der Waals surface area contributed by atoms with Gasteiger partial charge < -0.3 is 28.6 Å². The number of pyridine rings is 1. The highest BCUT2D eigenvalue weighted by molar-refractivity contribution is 7.95. The zero-order valence-electron chi connectivity index (χ0n) is 24.9. The summed E-state index contributed by atoms with van der Waals surface area (Å²) in [6.07, 6.45) is 2.26. The molecule has 1 aliphatic heterocycles. The third kappa shape index (κ3) is 9.06. The SMILES string of the molecule is COc1ccccc1Oc1c(NS(=O)(=O)C=Cc2ccccc2)nc(N2CCOCC2)nc1OCCOC(=O)Nc1ccccn1. The second kappa shape index (κ2) is 15.5. The maximum absolute atomic E-state index is 13.3. The van der Waals surface area contributed by atoms with Gasteiger partial charge in [0.1, 0.15) is 19.0 Å². The van der Waals surface area contributed by atoms with Crippen molar-refractivity contribution >= 4 is 39.8 Å². The largest absolute Gasteiger partial charge is 0.493 e. The van der Waals surface area contributed by atoms with Crippen molar-refractivity contribution in [2.45, 2.75) is 0 Å². The molecule has 0 saturated carbocycles. The summed E-state index contributed by atoms with van der Waals surface area (Å²) in [6, 6.07) is 20.8. The van der Waals surface area contributed by atoms with Crippen LogP contribution in [0.5, 0.6) is 23.1 Å². The first-order valence-corrected chi connectivity index (χ1v) is 15.7. The molecule has 0 spiro atoms. The second-order valence-corrected chi connectivity index (χ2v) is 11.1. The van der Waals surface area contributed by atoms with Gasteiger partial charge in [-0.2, -0.15) is 9.97 Å². The predicted molar refractivity (Wildman–Crippen MR) is 171 cm³/mol. The van der Waals surface area contributed by atoms with E-state index in [2.05, 4.69) is 25.0 Å². The van der Waals surface area contributed by atoms with Crippen molar-refractivity contribution in [3.05, 3.63) is 90.0 Å². The van der Waals surface area contributed by atoms with E-state index < -0.39 is 16.1 Å². The number of amides is 1. The van der Waals surface area contributed by atoms with Crippen LogP contribution in [0.3, 0.4) is 0 Å². The van der Waals surface area contributed by atoms with E-state index in [0.717, 1.165) is 5.41 Å². The molecule has 0 radical (unpaired) electrons. The fraction of sp³-hybridized carbons (Fsp3) is 0.226. The lowest BCUT2D eigenvalue weighted by molar-refractivity contribution is 0.121. The minimum Gasteiger partial charge on any atom is -0.493 e. The van der Waals surface area contributed by atoms with Crippen molar-refractivity contribution < 1.29 is 36.9 Å². The lowest BCUT2D eigenvalue weighted by atomic mass is 10.2. The summed E-state index contributed by atoms with van der Waals surface area (Å²) in [7, 11) is -2.63. The number of benzene rings is 2. The number of hydrogen-bond acceptors (Lipinski definition) is 12. The third-order valence-electron chi connectivity index (χ3n) is 6.33. The maximum atomic E-state index is 13.3. The quantitative estimate of drug-likeness (QED) is 0.195. The molecule has 1 amide bonds. The summed E-state index contributed by atoms with van der Waals surface area (Å²) in [5.74, 6) is 0.733. The summed E-state index contributed by atoms with van der Waals surface area (Å²) in [5, 5.41) is 3.54. The summed E-state index contributed by atoms with van der Waals surface area (Å²) in [5.41, 5.74) is 0.686. The number of carbonyl (C=O) groups excluding carboxylic acids is 1. The smallest absolute Gasteiger partial charge is 0.412 e. The molecule has 0 bridgehead atoms. The highest BCUT2D eigenvalue weighted by Gasteiger charge is 2.26. The first-order chi connectivity index (χ1) is 22.4. The van der Waals surface area contributed by atoms with Crippen LogP contribution in [0.15, 0.2) is 84.4 Å². The Hall–Kier alpha value is -5.41. The van der Waals surface area contributed by atoms with Gasteiger partial charge in [-0.3, -0.25) is 10.0 Å². The molecule has 2 aromatic heterocycles. The standard InChI is InChI=1S/C31H32N6O8S/c1-41-24-11-5-6-12-25(24)45-27-28(36-46(39,40)22-14-23-9-3-2-4-10-23)34-30(37-16-18-42-19-17-37)35-29(27)43-20-21-44-31(38)33-26-13-7-8-15-32-26/h2-15,22H,16-21H2,1H3,(H,32,33,38)(H,34,35,36). The van der Waals surface area contributed by atoms with Crippen LogP contribution in [0.2, 0.25) is 0 Å². The Bertz CT molecular complexity index is 1740. The Morgan fingerprint density at radius 3 is 2.43 bits per heavy atom. The molecular formula is C31H32N6O8S. The molecule has 3 heterocycles. The van der Waals surface area contributed by atoms with Gasteiger partial charge in [-0.25, -0.2) is 18.2 Å². The van der Waals surface area contributed by atoms with Crippen LogP contribution in [-0.2, 0) is 19.5 Å². The molecule has 2 N–H and O–H groups in total. The van der Waals surface area contributed by atoms with Crippen LogP contribution in [-0.4, -0.2) is 76.1 Å². The van der Waals surface area contributed by atoms with Crippen molar-refractivity contribution in [3.63, 3.8) is 0 Å². The molecule has 0 unspecified atom stereocenters. The predicted octanol–water partition coefficient (Wildman–Crippen LogP) is 4.55. The monoisotopic (exact) mass is 648 g/mol. The van der Waals surface area contributed by atoms with E-state index >= 15 is 0 Å². The number of carbonyl (C=O) groups is 1. The van der Waals surface area contributed by atoms with Crippen LogP contribution in [0.1, 0.15) is 5.56 Å². The lowest BCUT2D eigenvalue weighted by Crippen LogP contribution is -2.37. The highest BCUT2D eigenvalue weighted by atomic mass is 32.2. The summed E-state index contributed by atoms with van der Waals surface area (Å²) in [6.45, 7) is 1.45. The number of ether oxygens (including phenoxy) is 5. The average molecular weight is 649 g/mol. The van der Waals surface area contributed by atoms with Gasteiger partial charge in [0, 0.05) is 19.3 Å². The minimum absolute atomic E-state index is 0.0964. The molecule has 240 valence electrons. The number of nitrogens with one attached hydrogen (secondary N) is 2. The van der Waals surface area contributed by atoms with Crippen LogP contribution in [0, 0.1) is 0 Å². The van der Waals surface area contributed by atoms with Crippen molar-refractivity contribution in [2.24, 2.45) is 0 Å². The highest BCUT2D eigenvalue weighted by Crippen LogP contribution is 2.41. The number of rotatable bonds is 13. The molecule has 14 nitrogen and oxygen atoms in total. The first kappa shape index (κ1) is 32.0. The Morgan fingerprint density at radius 1 is 0.957 bits per heavy atom. The average Bonchev–Trinajstić information content (AvgIpc) is 3.08. The van der Waals surface area contributed by atoms with E-state index in [0.29, 0.717) is 43.4 Å². The third-order valence-corrected chi connectivity index (χ3v) is 7.30. The molecule has 46 heavy (non-hydrogen) atoms. The number of morpholine rings is 1. The van der Waals surface area contributed by atoms with Crippen molar-refractivity contribution in [1.82, 2.24) is 15.0 Å². The van der Waals surface area contributed by atoms with Gasteiger partial charge in [-0.15, -0.1) is 0 Å². The zero-order valence-corrected chi connectivity index (χ0v) is 25.7. The minimum atomic E-state index is -4.11. The van der Waals surface area contributed by atoms with E-state index in [1.54, 1.807) is 66.7 Å². The van der Waals surface area contributed by atoms with E-state index in [1.807, 2.05) is 11.0 Å². The normalized spacial score (nSPS) is 13.2. The van der Waals surface area contributed by atoms with Gasteiger partial charge in [0.15, 0.2) is 17.3 Å². The Morgan fingerprint density at radius 2 is 1.70 bits per heavy atom. The van der Waals surface area contributed by atoms with Crippen molar-refractivity contribution in [3.8, 4) is 23.1 Å². The second-order valence-electron chi connectivity index (χ2n) is 9.54. The molecule has 5 rings (SSSR count). The van der Waals surface area contributed by atoms with Gasteiger partial charge in [0.05, 0.1) is 25.7 Å². The van der Waals surface area contributed by atoms with Gasteiger partial charge in [-0.1, -0.05) is 48.5 Å². The number of aromatic nitrogens is 3. The number of sulfonamides is 1. The van der Waals surface area contributed by atoms with Crippen molar-refractivity contribution in [2.75, 3.05) is 61.6 Å². The molecule has 0 aliphatic carbocycles. The van der Waals surface area contributed by atoms with Gasteiger partial charge >= 0.3 is 6.09 Å². The number of methoxy groups -OCH3 is 1. The summed E-state index contributed by atoms with van der Waals surface area (Å²) >= 11 is 0. The number of hydrogen-bond donors (Lipinski definition) is 2. The van der Waals surface area contributed by atoms with Gasteiger partial charge in [0.25, 0.3) is 15.9 Å². The zero-order chi connectivity index (χ0) is 32.2. The Balaban J connectivity index is 1.45. The number of nitrogens with zero attached hydrogens (tertiary/aromatic N) is 4. The summed E-state index contributed by atoms with van der Waals surface area (Å²) < 4.78 is 57.3. The van der Waals surface area contributed by atoms with Crippen LogP contribution in [0.4, 0.5) is 22.4 Å². The molecule has 2 aromatic carbocycles. The number of anilines is 3. The Labute approximate surface area is 266 Å². The van der Waals surface area contributed by atoms with E-state index in [1.165, 1.54) is 19.4 Å². The maximum Gasteiger partial charge on any atom is 0.412 e. The van der Waals surface area contributed by atoms with E-state index in [4.69, 9.17) is 23.7 Å². The van der Waals surface area contributed by atoms with Crippen LogP contribution in [0.25, 0.3) is 6.08 Å². The molecule has 1 saturated heterocycles. The van der Waals surface area contributed by atoms with Crippen LogP contribution >= 0.6 is 0 Å². The molecule has 1 aliphatic rings. The molecule has 15 heteroatoms. The molecular weight excluding hydrogens is 616 g/mol. The summed E-state index contributed by atoms with van der Waals surface area (Å²) in [4.78, 5) is 27.2. The van der Waals surface area contributed by atoms with Crippen molar-refractivity contribution in [1.29, 1.82) is 0 Å². The molecule has 1 fully saturated rings. The van der Waals surface area contributed by atoms with E-state index in [9.17, 15) is 13.2 Å². The Kier molecular flexibility index (Phi) is 10.8. The fourth-order valence-electron chi connectivity index (χ4n) is 4.15. The van der Waals surface area contributed by atoms with Gasteiger partial charge in [-0.05, 0) is 35.9 Å². The van der Waals surface area contributed by atoms with E-state index in [-0.39, 0.29) is 42.4 Å². The fourth-order valence-corrected chi connectivity index (χ4v) is 4.96. The number of para-hydroxylation sites is 2. The lowest BCUT2D eigenvalue weighted by Gasteiger charge is -2.28. The molecule has 0 atom stereocenters. The van der Waals surface area contributed by atoms with Crippen LogP contribution < -0.4 is 29.1 Å².